The first-order valence-electron chi connectivity index (χ1n) is 6.14. The third kappa shape index (κ3) is 4.20. The van der Waals surface area contributed by atoms with Crippen LogP contribution in [0.15, 0.2) is 18.2 Å². The quantitative estimate of drug-likeness (QED) is 0.776. The van der Waals surface area contributed by atoms with Crippen molar-refractivity contribution >= 4 is 0 Å². The molecule has 0 aromatic heterocycles. The fourth-order valence-electron chi connectivity index (χ4n) is 1.61. The van der Waals surface area contributed by atoms with Gasteiger partial charge in [0.1, 0.15) is 0 Å². The molecule has 1 aromatic rings. The third-order valence-electron chi connectivity index (χ3n) is 2.93. The van der Waals surface area contributed by atoms with Gasteiger partial charge in [0, 0.05) is 13.1 Å². The molecule has 4 nitrogen and oxygen atoms in total. The molecule has 0 saturated carbocycles. The molecule has 0 fully saturated rings. The molecule has 0 atom stereocenters. The summed E-state index contributed by atoms with van der Waals surface area (Å²) in [7, 11) is 3.28. The molecule has 0 radical (unpaired) electrons. The van der Waals surface area contributed by atoms with Crippen LogP contribution in [0, 0.1) is 5.41 Å². The van der Waals surface area contributed by atoms with Crippen LogP contribution in [0.1, 0.15) is 19.4 Å². The summed E-state index contributed by atoms with van der Waals surface area (Å²) in [5.41, 5.74) is 6.98. The minimum absolute atomic E-state index is 0.122. The largest absolute Gasteiger partial charge is 0.493 e. The van der Waals surface area contributed by atoms with E-state index in [1.165, 1.54) is 5.56 Å². The molecule has 18 heavy (non-hydrogen) atoms. The molecule has 0 saturated heterocycles. The van der Waals surface area contributed by atoms with Crippen molar-refractivity contribution in [2.75, 3.05) is 27.3 Å². The zero-order valence-corrected chi connectivity index (χ0v) is 11.7. The van der Waals surface area contributed by atoms with E-state index in [0.29, 0.717) is 6.54 Å². The van der Waals surface area contributed by atoms with E-state index in [2.05, 4.69) is 19.2 Å². The third-order valence-corrected chi connectivity index (χ3v) is 2.93. The summed E-state index contributed by atoms with van der Waals surface area (Å²) in [6.07, 6.45) is 0. The van der Waals surface area contributed by atoms with Crippen LogP contribution >= 0.6 is 0 Å². The molecule has 0 amide bonds. The Labute approximate surface area is 109 Å². The van der Waals surface area contributed by atoms with Gasteiger partial charge in [-0.15, -0.1) is 0 Å². The predicted octanol–water partition coefficient (Wildman–Crippen LogP) is 1.78. The highest BCUT2D eigenvalue weighted by Crippen LogP contribution is 2.27. The molecular weight excluding hydrogens is 228 g/mol. The Morgan fingerprint density at radius 1 is 1.17 bits per heavy atom. The molecular formula is C14H24N2O2. The van der Waals surface area contributed by atoms with Gasteiger partial charge in [-0.25, -0.2) is 0 Å². The second-order valence-electron chi connectivity index (χ2n) is 5.16. The summed E-state index contributed by atoms with van der Waals surface area (Å²) in [5.74, 6) is 1.51. The van der Waals surface area contributed by atoms with Crippen LogP contribution < -0.4 is 20.5 Å². The number of benzene rings is 1. The van der Waals surface area contributed by atoms with Crippen LogP contribution in [0.4, 0.5) is 0 Å². The molecule has 0 spiro atoms. The van der Waals surface area contributed by atoms with Crippen molar-refractivity contribution in [1.82, 2.24) is 5.32 Å². The minimum Gasteiger partial charge on any atom is -0.493 e. The van der Waals surface area contributed by atoms with Gasteiger partial charge >= 0.3 is 0 Å². The van der Waals surface area contributed by atoms with Crippen molar-refractivity contribution in [3.63, 3.8) is 0 Å². The summed E-state index contributed by atoms with van der Waals surface area (Å²) in [6.45, 7) is 6.65. The first kappa shape index (κ1) is 14.8. The number of hydrogen-bond donors (Lipinski definition) is 2. The smallest absolute Gasteiger partial charge is 0.161 e. The van der Waals surface area contributed by atoms with Crippen LogP contribution in [-0.4, -0.2) is 27.3 Å². The van der Waals surface area contributed by atoms with E-state index in [1.807, 2.05) is 18.2 Å². The molecule has 0 heterocycles. The summed E-state index contributed by atoms with van der Waals surface area (Å²) in [5, 5.41) is 3.41. The molecule has 0 unspecified atom stereocenters. The number of nitrogens with two attached hydrogens (primary N) is 1. The number of methoxy groups -OCH3 is 2. The second-order valence-corrected chi connectivity index (χ2v) is 5.16. The Kier molecular flexibility index (Phi) is 5.44. The zero-order valence-electron chi connectivity index (χ0n) is 11.7. The van der Waals surface area contributed by atoms with Crippen molar-refractivity contribution < 1.29 is 9.47 Å². The summed E-state index contributed by atoms with van der Waals surface area (Å²) in [4.78, 5) is 0. The van der Waals surface area contributed by atoms with Gasteiger partial charge < -0.3 is 20.5 Å². The van der Waals surface area contributed by atoms with Gasteiger partial charge in [0.15, 0.2) is 11.5 Å². The van der Waals surface area contributed by atoms with E-state index in [1.54, 1.807) is 14.2 Å². The van der Waals surface area contributed by atoms with E-state index in [9.17, 15) is 0 Å². The van der Waals surface area contributed by atoms with E-state index in [4.69, 9.17) is 15.2 Å². The molecule has 1 aromatic carbocycles. The van der Waals surface area contributed by atoms with Crippen molar-refractivity contribution in [2.24, 2.45) is 11.1 Å². The molecule has 0 aliphatic heterocycles. The lowest BCUT2D eigenvalue weighted by Crippen LogP contribution is -2.35. The van der Waals surface area contributed by atoms with Crippen LogP contribution in [0.2, 0.25) is 0 Å². The van der Waals surface area contributed by atoms with Crippen LogP contribution in [0.25, 0.3) is 0 Å². The van der Waals surface area contributed by atoms with Crippen LogP contribution in [0.5, 0.6) is 11.5 Å². The lowest BCUT2D eigenvalue weighted by atomic mass is 9.94. The topological polar surface area (TPSA) is 56.5 Å². The number of nitrogens with one attached hydrogen (secondary N) is 1. The highest BCUT2D eigenvalue weighted by molar-refractivity contribution is 5.42. The predicted molar refractivity (Wildman–Crippen MR) is 74.1 cm³/mol. The van der Waals surface area contributed by atoms with Gasteiger partial charge in [0.05, 0.1) is 14.2 Å². The van der Waals surface area contributed by atoms with E-state index >= 15 is 0 Å². The van der Waals surface area contributed by atoms with Gasteiger partial charge in [-0.2, -0.15) is 0 Å². The Morgan fingerprint density at radius 3 is 2.39 bits per heavy atom. The SMILES string of the molecule is COc1ccc(CNCC(C)(C)CN)cc1OC. The standard InChI is InChI=1S/C14H24N2O2/c1-14(2,9-15)10-16-8-11-5-6-12(17-3)13(7-11)18-4/h5-7,16H,8-10,15H2,1-4H3. The van der Waals surface area contributed by atoms with E-state index in [0.717, 1.165) is 24.6 Å². The second kappa shape index (κ2) is 6.61. The molecule has 0 bridgehead atoms. The normalized spacial score (nSPS) is 11.4. The maximum atomic E-state index is 5.69. The lowest BCUT2D eigenvalue weighted by Gasteiger charge is -2.22. The highest BCUT2D eigenvalue weighted by atomic mass is 16.5. The maximum Gasteiger partial charge on any atom is 0.161 e. The van der Waals surface area contributed by atoms with Crippen LogP contribution in [-0.2, 0) is 6.54 Å². The molecule has 4 heteroatoms. The molecule has 0 aliphatic rings. The summed E-state index contributed by atoms with van der Waals surface area (Å²) < 4.78 is 10.5. The van der Waals surface area contributed by atoms with Crippen molar-refractivity contribution in [3.05, 3.63) is 23.8 Å². The average Bonchev–Trinajstić information content (AvgIpc) is 2.38. The Balaban J connectivity index is 2.58. The van der Waals surface area contributed by atoms with Gasteiger partial charge in [-0.1, -0.05) is 19.9 Å². The maximum absolute atomic E-state index is 5.69. The molecule has 1 rings (SSSR count). The minimum atomic E-state index is 0.122. The molecule has 3 N–H and O–H groups in total. The van der Waals surface area contributed by atoms with Gasteiger partial charge in [-0.3, -0.25) is 0 Å². The Hall–Kier alpha value is -1.26. The summed E-state index contributed by atoms with van der Waals surface area (Å²) >= 11 is 0. The Morgan fingerprint density at radius 2 is 1.83 bits per heavy atom. The fraction of sp³-hybridized carbons (Fsp3) is 0.571. The van der Waals surface area contributed by atoms with Crippen molar-refractivity contribution in [3.8, 4) is 11.5 Å². The molecule has 102 valence electrons. The van der Waals surface area contributed by atoms with Crippen molar-refractivity contribution in [2.45, 2.75) is 20.4 Å². The highest BCUT2D eigenvalue weighted by Gasteiger charge is 2.14. The van der Waals surface area contributed by atoms with Gasteiger partial charge in [-0.05, 0) is 29.7 Å². The summed E-state index contributed by atoms with van der Waals surface area (Å²) in [6, 6.07) is 5.94. The monoisotopic (exact) mass is 252 g/mol. The lowest BCUT2D eigenvalue weighted by molar-refractivity contribution is 0.348. The Bertz CT molecular complexity index is 378. The van der Waals surface area contributed by atoms with Crippen molar-refractivity contribution in [1.29, 1.82) is 0 Å². The first-order chi connectivity index (χ1) is 8.52. The van der Waals surface area contributed by atoms with E-state index < -0.39 is 0 Å². The first-order valence-corrected chi connectivity index (χ1v) is 6.14. The molecule has 0 aliphatic carbocycles. The fourth-order valence-corrected chi connectivity index (χ4v) is 1.61. The average molecular weight is 252 g/mol. The number of ether oxygens (including phenoxy) is 2. The van der Waals surface area contributed by atoms with E-state index in [-0.39, 0.29) is 5.41 Å². The number of rotatable bonds is 7. The van der Waals surface area contributed by atoms with Crippen LogP contribution in [0.3, 0.4) is 0 Å². The number of hydrogen-bond acceptors (Lipinski definition) is 4. The van der Waals surface area contributed by atoms with Gasteiger partial charge in [0.2, 0.25) is 0 Å². The van der Waals surface area contributed by atoms with Gasteiger partial charge in [0.25, 0.3) is 0 Å². The zero-order chi connectivity index (χ0) is 13.6.